The summed E-state index contributed by atoms with van der Waals surface area (Å²) in [6.45, 7) is 2.44. The van der Waals surface area contributed by atoms with Gasteiger partial charge in [-0.05, 0) is 19.3 Å². The van der Waals surface area contributed by atoms with E-state index < -0.39 is 17.8 Å². The second-order valence-electron chi connectivity index (χ2n) is 4.36. The van der Waals surface area contributed by atoms with E-state index in [1.165, 1.54) is 0 Å². The number of carbonyl (C=O) groups is 2. The van der Waals surface area contributed by atoms with E-state index in [9.17, 15) is 9.59 Å². The number of esters is 1. The Kier molecular flexibility index (Phi) is 5.29. The summed E-state index contributed by atoms with van der Waals surface area (Å²) in [5.41, 5.74) is 0. The third-order valence-corrected chi connectivity index (χ3v) is 3.13. The molecule has 0 amide bonds. The Morgan fingerprint density at radius 2 is 1.88 bits per heavy atom. The quantitative estimate of drug-likeness (QED) is 0.579. The van der Waals surface area contributed by atoms with Crippen molar-refractivity contribution in [2.24, 2.45) is 11.8 Å². The number of carboxylic acid groups (broad SMARTS) is 1. The highest BCUT2D eigenvalue weighted by Gasteiger charge is 2.36. The Morgan fingerprint density at radius 3 is 2.44 bits per heavy atom. The summed E-state index contributed by atoms with van der Waals surface area (Å²) in [7, 11) is 0. The number of hydrogen-bond acceptors (Lipinski definition) is 3. The predicted molar refractivity (Wildman–Crippen MR) is 59.0 cm³/mol. The molecule has 1 aliphatic carbocycles. The molecule has 0 radical (unpaired) electrons. The molecule has 0 aromatic carbocycles. The highest BCUT2D eigenvalue weighted by molar-refractivity contribution is 5.81. The average molecular weight is 228 g/mol. The fourth-order valence-electron chi connectivity index (χ4n) is 2.13. The maximum atomic E-state index is 11.7. The van der Waals surface area contributed by atoms with E-state index in [0.717, 1.165) is 25.7 Å². The molecule has 0 aromatic rings. The van der Waals surface area contributed by atoms with Crippen molar-refractivity contribution in [3.63, 3.8) is 0 Å². The summed E-state index contributed by atoms with van der Waals surface area (Å²) in [4.78, 5) is 22.7. The van der Waals surface area contributed by atoms with Crippen molar-refractivity contribution in [2.45, 2.75) is 45.4 Å². The Bertz CT molecular complexity index is 249. The SMILES string of the molecule is CCCCOC(=O)[C@H]1CCCC[C@H]1C(=O)O. The fraction of sp³-hybridized carbons (Fsp3) is 0.833. The zero-order valence-corrected chi connectivity index (χ0v) is 9.78. The molecule has 92 valence electrons. The molecule has 0 saturated heterocycles. The highest BCUT2D eigenvalue weighted by atomic mass is 16.5. The van der Waals surface area contributed by atoms with Gasteiger partial charge >= 0.3 is 11.9 Å². The molecule has 1 aliphatic rings. The van der Waals surface area contributed by atoms with Crippen molar-refractivity contribution in [1.82, 2.24) is 0 Å². The molecule has 1 fully saturated rings. The molecule has 0 unspecified atom stereocenters. The molecular formula is C12H20O4. The van der Waals surface area contributed by atoms with E-state index in [1.807, 2.05) is 6.92 Å². The first-order valence-electron chi connectivity index (χ1n) is 6.06. The number of unbranched alkanes of at least 4 members (excludes halogenated alkanes) is 1. The number of hydrogen-bond donors (Lipinski definition) is 1. The van der Waals surface area contributed by atoms with Gasteiger partial charge in [-0.2, -0.15) is 0 Å². The van der Waals surface area contributed by atoms with Crippen LogP contribution in [-0.4, -0.2) is 23.7 Å². The molecule has 1 rings (SSSR count). The van der Waals surface area contributed by atoms with E-state index >= 15 is 0 Å². The minimum Gasteiger partial charge on any atom is -0.481 e. The lowest BCUT2D eigenvalue weighted by atomic mass is 9.79. The summed E-state index contributed by atoms with van der Waals surface area (Å²) in [6.07, 6.45) is 4.90. The van der Waals surface area contributed by atoms with Gasteiger partial charge in [0.05, 0.1) is 18.4 Å². The van der Waals surface area contributed by atoms with Crippen LogP contribution in [-0.2, 0) is 14.3 Å². The van der Waals surface area contributed by atoms with Crippen LogP contribution >= 0.6 is 0 Å². The lowest BCUT2D eigenvalue weighted by Gasteiger charge is -2.26. The van der Waals surface area contributed by atoms with Crippen LogP contribution in [0.3, 0.4) is 0 Å². The molecule has 4 nitrogen and oxygen atoms in total. The molecule has 2 atom stereocenters. The van der Waals surface area contributed by atoms with Gasteiger partial charge in [-0.25, -0.2) is 0 Å². The summed E-state index contributed by atoms with van der Waals surface area (Å²) in [5.74, 6) is -2.15. The molecule has 16 heavy (non-hydrogen) atoms. The van der Waals surface area contributed by atoms with Gasteiger partial charge < -0.3 is 9.84 Å². The van der Waals surface area contributed by atoms with Crippen molar-refractivity contribution in [2.75, 3.05) is 6.61 Å². The van der Waals surface area contributed by atoms with E-state index in [0.29, 0.717) is 19.4 Å². The fourth-order valence-corrected chi connectivity index (χ4v) is 2.13. The van der Waals surface area contributed by atoms with Gasteiger partial charge in [0.1, 0.15) is 0 Å². The Hall–Kier alpha value is -1.06. The lowest BCUT2D eigenvalue weighted by Crippen LogP contribution is -2.33. The molecule has 0 heterocycles. The van der Waals surface area contributed by atoms with Gasteiger partial charge in [-0.15, -0.1) is 0 Å². The molecule has 0 bridgehead atoms. The lowest BCUT2D eigenvalue weighted by molar-refractivity contribution is -0.159. The zero-order valence-electron chi connectivity index (χ0n) is 9.78. The van der Waals surface area contributed by atoms with E-state index in [-0.39, 0.29) is 5.97 Å². The molecule has 1 N–H and O–H groups in total. The van der Waals surface area contributed by atoms with Crippen molar-refractivity contribution < 1.29 is 19.4 Å². The number of ether oxygens (including phenoxy) is 1. The number of carbonyl (C=O) groups excluding carboxylic acids is 1. The number of carboxylic acids is 1. The number of aliphatic carboxylic acids is 1. The van der Waals surface area contributed by atoms with Gasteiger partial charge in [0.2, 0.25) is 0 Å². The van der Waals surface area contributed by atoms with Crippen LogP contribution in [0.2, 0.25) is 0 Å². The second kappa shape index (κ2) is 6.51. The van der Waals surface area contributed by atoms with Gasteiger partial charge in [0, 0.05) is 0 Å². The smallest absolute Gasteiger partial charge is 0.309 e. The largest absolute Gasteiger partial charge is 0.481 e. The van der Waals surface area contributed by atoms with Gasteiger partial charge in [0.25, 0.3) is 0 Å². The van der Waals surface area contributed by atoms with Crippen molar-refractivity contribution >= 4 is 11.9 Å². The Morgan fingerprint density at radius 1 is 1.25 bits per heavy atom. The Labute approximate surface area is 96.0 Å². The van der Waals surface area contributed by atoms with E-state index in [4.69, 9.17) is 9.84 Å². The maximum Gasteiger partial charge on any atom is 0.309 e. The zero-order chi connectivity index (χ0) is 12.0. The van der Waals surface area contributed by atoms with E-state index in [1.54, 1.807) is 0 Å². The van der Waals surface area contributed by atoms with Crippen LogP contribution in [0.4, 0.5) is 0 Å². The third kappa shape index (κ3) is 3.51. The molecule has 1 saturated carbocycles. The molecule has 0 aliphatic heterocycles. The normalized spacial score (nSPS) is 25.1. The first-order chi connectivity index (χ1) is 7.66. The van der Waals surface area contributed by atoms with Gasteiger partial charge in [-0.3, -0.25) is 9.59 Å². The van der Waals surface area contributed by atoms with Crippen LogP contribution in [0.15, 0.2) is 0 Å². The molecular weight excluding hydrogens is 208 g/mol. The standard InChI is InChI=1S/C12H20O4/c1-2-3-8-16-12(15)10-7-5-4-6-9(10)11(13)14/h9-10H,2-8H2,1H3,(H,13,14)/t9-,10+/m1/s1. The highest BCUT2D eigenvalue weighted by Crippen LogP contribution is 2.31. The summed E-state index contributed by atoms with van der Waals surface area (Å²) in [6, 6.07) is 0. The molecule has 0 spiro atoms. The third-order valence-electron chi connectivity index (χ3n) is 3.13. The Balaban J connectivity index is 2.47. The average Bonchev–Trinajstić information content (AvgIpc) is 2.29. The second-order valence-corrected chi connectivity index (χ2v) is 4.36. The monoisotopic (exact) mass is 228 g/mol. The number of rotatable bonds is 5. The topological polar surface area (TPSA) is 63.6 Å². The van der Waals surface area contributed by atoms with Crippen LogP contribution < -0.4 is 0 Å². The van der Waals surface area contributed by atoms with Crippen molar-refractivity contribution in [3.05, 3.63) is 0 Å². The molecule has 0 aromatic heterocycles. The van der Waals surface area contributed by atoms with E-state index in [2.05, 4.69) is 0 Å². The minimum atomic E-state index is -0.864. The first-order valence-corrected chi connectivity index (χ1v) is 6.06. The minimum absolute atomic E-state index is 0.319. The summed E-state index contributed by atoms with van der Waals surface area (Å²) >= 11 is 0. The van der Waals surface area contributed by atoms with Gasteiger partial charge in [0.15, 0.2) is 0 Å². The summed E-state index contributed by atoms with van der Waals surface area (Å²) < 4.78 is 5.10. The van der Waals surface area contributed by atoms with Crippen molar-refractivity contribution in [3.8, 4) is 0 Å². The summed E-state index contributed by atoms with van der Waals surface area (Å²) in [5, 5.41) is 9.02. The van der Waals surface area contributed by atoms with Crippen LogP contribution in [0.5, 0.6) is 0 Å². The maximum absolute atomic E-state index is 11.7. The molecule has 4 heteroatoms. The van der Waals surface area contributed by atoms with Crippen LogP contribution in [0.25, 0.3) is 0 Å². The van der Waals surface area contributed by atoms with Crippen molar-refractivity contribution in [1.29, 1.82) is 0 Å². The van der Waals surface area contributed by atoms with Gasteiger partial charge in [-0.1, -0.05) is 26.2 Å². The first kappa shape index (κ1) is 13.0. The predicted octanol–water partition coefficient (Wildman–Crippen LogP) is 2.22. The van der Waals surface area contributed by atoms with Crippen LogP contribution in [0.1, 0.15) is 45.4 Å². The van der Waals surface area contributed by atoms with Crippen LogP contribution in [0, 0.1) is 11.8 Å².